The Kier molecular flexibility index (Phi) is 7.04. The molecular weight excluding hydrogens is 340 g/mol. The second-order valence-electron chi connectivity index (χ2n) is 5.13. The first-order valence-corrected chi connectivity index (χ1v) is 8.01. The molecule has 6 heteroatoms. The van der Waals surface area contributed by atoms with E-state index in [1.807, 2.05) is 31.2 Å². The van der Waals surface area contributed by atoms with Crippen molar-refractivity contribution in [3.05, 3.63) is 71.3 Å². The number of hydrogen-bond acceptors (Lipinski definition) is 4. The number of aryl methyl sites for hydroxylation is 1. The van der Waals surface area contributed by atoms with Gasteiger partial charge in [0.25, 0.3) is 5.91 Å². The van der Waals surface area contributed by atoms with Gasteiger partial charge in [-0.1, -0.05) is 36.4 Å². The van der Waals surface area contributed by atoms with Crippen molar-refractivity contribution in [3.63, 3.8) is 0 Å². The van der Waals surface area contributed by atoms with Crippen molar-refractivity contribution in [2.75, 3.05) is 13.2 Å². The zero-order valence-electron chi connectivity index (χ0n) is 13.9. The van der Waals surface area contributed by atoms with Gasteiger partial charge in [-0.3, -0.25) is 4.79 Å². The molecule has 1 amide bonds. The Balaban J connectivity index is 1.87. The molecule has 5 nitrogen and oxygen atoms in total. The summed E-state index contributed by atoms with van der Waals surface area (Å²) in [5.74, 6) is 0.898. The molecule has 130 valence electrons. The molecule has 1 N–H and O–H groups in total. The van der Waals surface area contributed by atoms with Gasteiger partial charge in [0.05, 0.1) is 6.21 Å². The fraction of sp³-hybridized carbons (Fsp3) is 0.158. The molecule has 0 aliphatic rings. The highest BCUT2D eigenvalue weighted by Gasteiger charge is 2.05. The summed E-state index contributed by atoms with van der Waals surface area (Å²) in [4.78, 5) is 11.8. The quantitative estimate of drug-likeness (QED) is 0.444. The number of hydrogen-bond donors (Lipinski definition) is 1. The number of ether oxygens (including phenoxy) is 2. The van der Waals surface area contributed by atoms with Gasteiger partial charge in [-0.15, -0.1) is 0 Å². The lowest BCUT2D eigenvalue weighted by Gasteiger charge is -2.08. The molecule has 0 bridgehead atoms. The number of nitrogens with one attached hydrogen (secondary N) is 1. The molecular formula is C19H19ClN2O3. The number of carbonyl (C=O) groups excluding carboxylic acids is 1. The fourth-order valence-corrected chi connectivity index (χ4v) is 2.22. The van der Waals surface area contributed by atoms with E-state index in [9.17, 15) is 4.79 Å². The number of nitrogens with zero attached hydrogens (tertiary/aromatic N) is 1. The van der Waals surface area contributed by atoms with Crippen LogP contribution in [-0.2, 0) is 4.79 Å². The molecule has 2 aromatic carbocycles. The predicted octanol–water partition coefficient (Wildman–Crippen LogP) is 3.74. The van der Waals surface area contributed by atoms with Crippen LogP contribution >= 0.6 is 11.6 Å². The molecule has 0 aliphatic heterocycles. The second kappa shape index (κ2) is 9.49. The summed E-state index contributed by atoms with van der Waals surface area (Å²) in [5, 5.41) is 4.55. The van der Waals surface area contributed by atoms with Crippen molar-refractivity contribution in [2.24, 2.45) is 5.10 Å². The Labute approximate surface area is 151 Å². The van der Waals surface area contributed by atoms with E-state index in [0.717, 1.165) is 11.1 Å². The average molecular weight is 359 g/mol. The molecule has 0 unspecified atom stereocenters. The van der Waals surface area contributed by atoms with Crippen LogP contribution < -0.4 is 14.9 Å². The summed E-state index contributed by atoms with van der Waals surface area (Å²) < 4.78 is 11.0. The van der Waals surface area contributed by atoms with E-state index in [4.69, 9.17) is 21.1 Å². The van der Waals surface area contributed by atoms with Gasteiger partial charge >= 0.3 is 0 Å². The molecule has 0 atom stereocenters. The number of carbonyl (C=O) groups is 1. The number of para-hydroxylation sites is 1. The topological polar surface area (TPSA) is 59.9 Å². The van der Waals surface area contributed by atoms with Gasteiger partial charge in [0.2, 0.25) is 0 Å². The van der Waals surface area contributed by atoms with E-state index in [-0.39, 0.29) is 12.5 Å². The van der Waals surface area contributed by atoms with Crippen LogP contribution in [-0.4, -0.2) is 25.3 Å². The van der Waals surface area contributed by atoms with E-state index < -0.39 is 0 Å². The molecule has 0 saturated heterocycles. The Morgan fingerprint density at radius 2 is 2.04 bits per heavy atom. The lowest BCUT2D eigenvalue weighted by Crippen LogP contribution is -2.24. The first-order chi connectivity index (χ1) is 12.1. The number of benzene rings is 2. The Bertz CT molecular complexity index is 775. The van der Waals surface area contributed by atoms with Gasteiger partial charge in [-0.25, -0.2) is 5.43 Å². The summed E-state index contributed by atoms with van der Waals surface area (Å²) in [5.41, 5.74) is 4.03. The molecule has 0 heterocycles. The zero-order valence-corrected chi connectivity index (χ0v) is 14.6. The monoisotopic (exact) mass is 358 g/mol. The lowest BCUT2D eigenvalue weighted by atomic mass is 10.2. The molecule has 2 rings (SSSR count). The van der Waals surface area contributed by atoms with Crippen LogP contribution in [0.25, 0.3) is 0 Å². The second-order valence-corrected chi connectivity index (χ2v) is 5.57. The van der Waals surface area contributed by atoms with Crippen molar-refractivity contribution >= 4 is 23.7 Å². The third-order valence-corrected chi connectivity index (χ3v) is 3.40. The van der Waals surface area contributed by atoms with Gasteiger partial charge in [0.1, 0.15) is 18.1 Å². The molecule has 0 aromatic heterocycles. The van der Waals surface area contributed by atoms with Crippen LogP contribution in [0.15, 0.2) is 60.2 Å². The van der Waals surface area contributed by atoms with Gasteiger partial charge in [-0.2, -0.15) is 5.10 Å². The molecule has 0 aliphatic carbocycles. The van der Waals surface area contributed by atoms with Crippen LogP contribution in [0.5, 0.6) is 11.5 Å². The number of amides is 1. The maximum atomic E-state index is 11.8. The molecule has 2 aromatic rings. The smallest absolute Gasteiger partial charge is 0.277 e. The molecule has 25 heavy (non-hydrogen) atoms. The number of rotatable bonds is 8. The van der Waals surface area contributed by atoms with E-state index >= 15 is 0 Å². The van der Waals surface area contributed by atoms with Crippen LogP contribution in [0.4, 0.5) is 0 Å². The summed E-state index contributed by atoms with van der Waals surface area (Å²) in [6.45, 7) is 5.72. The molecule has 0 radical (unpaired) electrons. The predicted molar refractivity (Wildman–Crippen MR) is 99.6 cm³/mol. The van der Waals surface area contributed by atoms with E-state index in [0.29, 0.717) is 23.1 Å². The Morgan fingerprint density at radius 3 is 2.80 bits per heavy atom. The number of halogens is 1. The summed E-state index contributed by atoms with van der Waals surface area (Å²) in [7, 11) is 0. The maximum Gasteiger partial charge on any atom is 0.277 e. The molecule has 0 saturated carbocycles. The lowest BCUT2D eigenvalue weighted by molar-refractivity contribution is -0.123. The first kappa shape index (κ1) is 18.5. The van der Waals surface area contributed by atoms with Crippen LogP contribution in [0.2, 0.25) is 5.02 Å². The fourth-order valence-electron chi connectivity index (χ4n) is 1.99. The first-order valence-electron chi connectivity index (χ1n) is 7.63. The van der Waals surface area contributed by atoms with Gasteiger partial charge in [-0.05, 0) is 42.8 Å². The van der Waals surface area contributed by atoms with Gasteiger partial charge < -0.3 is 9.47 Å². The van der Waals surface area contributed by atoms with E-state index in [1.54, 1.807) is 24.3 Å². The Morgan fingerprint density at radius 1 is 1.24 bits per heavy atom. The SMILES string of the molecule is C=CCOc1ccccc1/C=N\NC(=O)COc1ccc(Cl)cc1C. The summed E-state index contributed by atoms with van der Waals surface area (Å²) in [6, 6.07) is 12.6. The third-order valence-electron chi connectivity index (χ3n) is 3.16. The number of hydrazone groups is 1. The summed E-state index contributed by atoms with van der Waals surface area (Å²) >= 11 is 5.88. The minimum atomic E-state index is -0.366. The highest BCUT2D eigenvalue weighted by Crippen LogP contribution is 2.21. The average Bonchev–Trinajstić information content (AvgIpc) is 2.60. The van der Waals surface area contributed by atoms with Gasteiger partial charge in [0, 0.05) is 10.6 Å². The largest absolute Gasteiger partial charge is 0.489 e. The molecule has 0 fully saturated rings. The third kappa shape index (κ3) is 5.97. The maximum absolute atomic E-state index is 11.8. The van der Waals surface area contributed by atoms with Crippen molar-refractivity contribution in [1.82, 2.24) is 5.43 Å². The zero-order chi connectivity index (χ0) is 18.1. The standard InChI is InChI=1S/C19H19ClN2O3/c1-3-10-24-18-7-5-4-6-15(18)12-21-22-19(23)13-25-17-9-8-16(20)11-14(17)2/h3-9,11-12H,1,10,13H2,2H3,(H,22,23)/b21-12-. The van der Waals surface area contributed by atoms with Crippen molar-refractivity contribution < 1.29 is 14.3 Å². The highest BCUT2D eigenvalue weighted by molar-refractivity contribution is 6.30. The minimum absolute atomic E-state index is 0.144. The highest BCUT2D eigenvalue weighted by atomic mass is 35.5. The Hall–Kier alpha value is -2.79. The molecule has 0 spiro atoms. The summed E-state index contributed by atoms with van der Waals surface area (Å²) in [6.07, 6.45) is 3.18. The van der Waals surface area contributed by atoms with Crippen LogP contribution in [0, 0.1) is 6.92 Å². The van der Waals surface area contributed by atoms with Crippen LogP contribution in [0.3, 0.4) is 0 Å². The van der Waals surface area contributed by atoms with Gasteiger partial charge in [0.15, 0.2) is 6.61 Å². The van der Waals surface area contributed by atoms with E-state index in [2.05, 4.69) is 17.1 Å². The van der Waals surface area contributed by atoms with E-state index in [1.165, 1.54) is 6.21 Å². The van der Waals surface area contributed by atoms with Crippen molar-refractivity contribution in [1.29, 1.82) is 0 Å². The minimum Gasteiger partial charge on any atom is -0.489 e. The van der Waals surface area contributed by atoms with Crippen molar-refractivity contribution in [2.45, 2.75) is 6.92 Å². The van der Waals surface area contributed by atoms with Crippen molar-refractivity contribution in [3.8, 4) is 11.5 Å². The van der Waals surface area contributed by atoms with Crippen LogP contribution in [0.1, 0.15) is 11.1 Å². The normalized spacial score (nSPS) is 10.5.